The first kappa shape index (κ1) is 32.5. The summed E-state index contributed by atoms with van der Waals surface area (Å²) in [5.74, 6) is 0.793. The van der Waals surface area contributed by atoms with Gasteiger partial charge in [-0.15, -0.1) is 0 Å². The molecule has 0 saturated heterocycles. The van der Waals surface area contributed by atoms with Crippen molar-refractivity contribution in [3.8, 4) is 0 Å². The minimum absolute atomic E-state index is 0.595. The topological polar surface area (TPSA) is 0 Å². The van der Waals surface area contributed by atoms with E-state index in [1.165, 1.54) is 158 Å². The zero-order valence-electron chi connectivity index (χ0n) is 24.7. The molecule has 1 heteroatoms. The molecule has 1 aromatic rings. The Labute approximate surface area is 225 Å². The maximum absolute atomic E-state index is 2.46. The van der Waals surface area contributed by atoms with Crippen molar-refractivity contribution in [3.63, 3.8) is 0 Å². The molecular weight excluding hydrogens is 436 g/mol. The largest absolute Gasteiger partial charge is 0.0654 e. The molecule has 0 saturated carbocycles. The molecule has 0 fully saturated rings. The molecule has 0 bridgehead atoms. The molecule has 0 heterocycles. The molecule has 204 valence electrons. The fraction of sp³-hybridized carbons (Fsp3) is 0.824. The fourth-order valence-corrected chi connectivity index (χ4v) is 7.51. The van der Waals surface area contributed by atoms with Gasteiger partial charge in [0.05, 0.1) is 0 Å². The zero-order valence-corrected chi connectivity index (χ0v) is 26.7. The van der Waals surface area contributed by atoms with Gasteiger partial charge in [-0.3, -0.25) is 0 Å². The maximum Gasteiger partial charge on any atom is 0.0114 e. The van der Waals surface area contributed by atoms with Crippen LogP contribution in [0, 0.1) is 0 Å². The predicted octanol–water partition coefficient (Wildman–Crippen LogP) is 11.3. The van der Waals surface area contributed by atoms with Crippen molar-refractivity contribution in [1.29, 1.82) is 0 Å². The van der Waals surface area contributed by atoms with Crippen molar-refractivity contribution < 1.29 is 0 Å². The fourth-order valence-electron chi connectivity index (χ4n) is 6.18. The van der Waals surface area contributed by atoms with E-state index in [-0.39, 0.29) is 0 Å². The third-order valence-electron chi connectivity index (χ3n) is 8.59. The maximum atomic E-state index is 2.46. The second-order valence-electron chi connectivity index (χ2n) is 11.9. The van der Waals surface area contributed by atoms with Crippen LogP contribution >= 0.6 is 0 Å². The van der Waals surface area contributed by atoms with Crippen LogP contribution in [-0.2, 0) is 0 Å². The van der Waals surface area contributed by atoms with Crippen LogP contribution in [0.2, 0.25) is 5.04 Å². The average Bonchev–Trinajstić information content (AvgIpc) is 2.88. The number of unbranched alkanes of at least 4 members (excludes halogenated alkanes) is 17. The molecule has 0 aliphatic heterocycles. The summed E-state index contributed by atoms with van der Waals surface area (Å²) in [7, 11) is 1.35. The molecule has 0 aliphatic rings. The van der Waals surface area contributed by atoms with Gasteiger partial charge in [0.2, 0.25) is 0 Å². The Kier molecular flexibility index (Phi) is 21.0. The van der Waals surface area contributed by atoms with E-state index in [1.807, 2.05) is 0 Å². The molecule has 1 atom stereocenters. The monoisotopic (exact) mass is 500 g/mol. The van der Waals surface area contributed by atoms with Gasteiger partial charge in [-0.05, 0) is 22.9 Å². The number of hydrogen-bond acceptors (Lipinski definition) is 0. The molecule has 0 N–H and O–H groups in total. The number of hydrogen-bond donors (Lipinski definition) is 0. The van der Waals surface area contributed by atoms with Gasteiger partial charge in [0.15, 0.2) is 0 Å². The van der Waals surface area contributed by atoms with Gasteiger partial charge in [-0.1, -0.05) is 192 Å². The van der Waals surface area contributed by atoms with Crippen molar-refractivity contribution in [2.45, 2.75) is 179 Å². The van der Waals surface area contributed by atoms with Gasteiger partial charge in [-0.25, -0.2) is 0 Å². The summed E-state index contributed by atoms with van der Waals surface area (Å²) in [5.41, 5.74) is 1.66. The first-order valence-corrected chi connectivity index (χ1v) is 17.2. The molecule has 0 nitrogen and oxygen atoms in total. The molecule has 1 aromatic carbocycles. The van der Waals surface area contributed by atoms with E-state index in [9.17, 15) is 0 Å². The highest BCUT2D eigenvalue weighted by Gasteiger charge is 2.33. The van der Waals surface area contributed by atoms with Crippen LogP contribution in [-0.4, -0.2) is 10.2 Å². The Bertz CT molecular complexity index is 535. The normalized spacial score (nSPS) is 12.9. The van der Waals surface area contributed by atoms with E-state index >= 15 is 0 Å². The Hall–Kier alpha value is -0.563. The van der Waals surface area contributed by atoms with Crippen LogP contribution < -0.4 is 0 Å². The van der Waals surface area contributed by atoms with Gasteiger partial charge in [0, 0.05) is 10.2 Å². The zero-order chi connectivity index (χ0) is 25.5. The second-order valence-corrected chi connectivity index (χ2v) is 13.9. The summed E-state index contributed by atoms with van der Waals surface area (Å²) in [5, 5.41) is 0.595. The molecule has 1 rings (SSSR count). The predicted molar refractivity (Wildman–Crippen MR) is 165 cm³/mol. The lowest BCUT2D eigenvalue weighted by Crippen LogP contribution is -2.23. The van der Waals surface area contributed by atoms with Crippen LogP contribution in [0.1, 0.15) is 180 Å². The lowest BCUT2D eigenvalue weighted by Gasteiger charge is -2.39. The first-order chi connectivity index (χ1) is 17.2. The third kappa shape index (κ3) is 16.0. The van der Waals surface area contributed by atoms with E-state index in [1.54, 1.807) is 5.56 Å². The minimum Gasteiger partial charge on any atom is -0.0654 e. The number of rotatable bonds is 25. The van der Waals surface area contributed by atoms with E-state index < -0.39 is 0 Å². The molecule has 0 aromatic heterocycles. The first-order valence-electron chi connectivity index (χ1n) is 16.2. The van der Waals surface area contributed by atoms with Crippen LogP contribution in [0.5, 0.6) is 0 Å². The molecule has 35 heavy (non-hydrogen) atoms. The summed E-state index contributed by atoms with van der Waals surface area (Å²) >= 11 is 0. The van der Waals surface area contributed by atoms with Gasteiger partial charge in [0.1, 0.15) is 0 Å². The van der Waals surface area contributed by atoms with Crippen molar-refractivity contribution in [2.24, 2.45) is 0 Å². The third-order valence-corrected chi connectivity index (χ3v) is 10.3. The van der Waals surface area contributed by atoms with Gasteiger partial charge in [-0.2, -0.15) is 0 Å². The van der Waals surface area contributed by atoms with E-state index in [4.69, 9.17) is 0 Å². The van der Waals surface area contributed by atoms with Crippen LogP contribution in [0.4, 0.5) is 0 Å². The highest BCUT2D eigenvalue weighted by molar-refractivity contribution is 6.15. The average molecular weight is 501 g/mol. The Morgan fingerprint density at radius 2 is 0.886 bits per heavy atom. The van der Waals surface area contributed by atoms with Crippen molar-refractivity contribution in [2.75, 3.05) is 0 Å². The minimum atomic E-state index is 0.595. The molecule has 0 radical (unpaired) electrons. The number of benzene rings is 1. The summed E-state index contributed by atoms with van der Waals surface area (Å²) < 4.78 is 0. The standard InChI is InChI=1S/C34H64Si/c1-4-7-10-13-16-17-18-24-29-33(32-27-22-21-23-28-32)34(35,30-25-19-14-11-8-5-2)31-26-20-15-12-9-6-3/h21-23,27-28,33H,4-20,24-26,29-31H2,1-3,35H3. The lowest BCUT2D eigenvalue weighted by atomic mass is 9.75. The van der Waals surface area contributed by atoms with Gasteiger partial charge < -0.3 is 0 Å². The SMILES string of the molecule is CCCCCCCCCCC(c1ccccc1)C([SiH3])(CCCCCCCC)CCCCCCCC. The molecule has 0 amide bonds. The van der Waals surface area contributed by atoms with Crippen LogP contribution in [0.25, 0.3) is 0 Å². The Balaban J connectivity index is 2.73. The smallest absolute Gasteiger partial charge is 0.0114 e. The second kappa shape index (κ2) is 22.6. The molecule has 0 aliphatic carbocycles. The Morgan fingerprint density at radius 1 is 0.514 bits per heavy atom. The molecule has 0 spiro atoms. The van der Waals surface area contributed by atoms with E-state index in [0.717, 1.165) is 5.92 Å². The Morgan fingerprint density at radius 3 is 1.31 bits per heavy atom. The van der Waals surface area contributed by atoms with Crippen molar-refractivity contribution in [3.05, 3.63) is 35.9 Å². The van der Waals surface area contributed by atoms with Crippen LogP contribution in [0.3, 0.4) is 0 Å². The van der Waals surface area contributed by atoms with Crippen LogP contribution in [0.15, 0.2) is 30.3 Å². The van der Waals surface area contributed by atoms with Gasteiger partial charge in [0.25, 0.3) is 0 Å². The summed E-state index contributed by atoms with van der Waals surface area (Å²) in [4.78, 5) is 0. The van der Waals surface area contributed by atoms with Crippen molar-refractivity contribution >= 4 is 10.2 Å². The highest BCUT2D eigenvalue weighted by Crippen LogP contribution is 2.51. The lowest BCUT2D eigenvalue weighted by molar-refractivity contribution is 0.341. The molecular formula is C34H64Si. The summed E-state index contributed by atoms with van der Waals surface area (Å²) in [6.07, 6.45) is 33.1. The molecule has 1 unspecified atom stereocenters. The summed E-state index contributed by atoms with van der Waals surface area (Å²) in [6, 6.07) is 11.7. The highest BCUT2D eigenvalue weighted by atomic mass is 28.1. The van der Waals surface area contributed by atoms with Crippen molar-refractivity contribution in [1.82, 2.24) is 0 Å². The van der Waals surface area contributed by atoms with E-state index in [2.05, 4.69) is 51.1 Å². The quantitative estimate of drug-likeness (QED) is 0.0924. The van der Waals surface area contributed by atoms with E-state index in [0.29, 0.717) is 5.04 Å². The summed E-state index contributed by atoms with van der Waals surface area (Å²) in [6.45, 7) is 6.98. The van der Waals surface area contributed by atoms with Gasteiger partial charge >= 0.3 is 0 Å².